The Hall–Kier alpha value is -3.63. The first-order chi connectivity index (χ1) is 16.6. The molecule has 2 N–H and O–H groups in total. The average Bonchev–Trinajstić information content (AvgIpc) is 2.86. The molecule has 4 heteroatoms. The summed E-state index contributed by atoms with van der Waals surface area (Å²) in [5, 5.41) is 15.3. The zero-order valence-corrected chi connectivity index (χ0v) is 19.3. The van der Waals surface area contributed by atoms with Crippen molar-refractivity contribution in [2.75, 3.05) is 6.54 Å². The van der Waals surface area contributed by atoms with Crippen molar-refractivity contribution in [3.05, 3.63) is 113 Å². The Labute approximate surface area is 200 Å². The van der Waals surface area contributed by atoms with E-state index in [1.807, 2.05) is 24.3 Å². The van der Waals surface area contributed by atoms with Crippen LogP contribution in [0.4, 0.5) is 0 Å². The van der Waals surface area contributed by atoms with E-state index in [9.17, 15) is 4.79 Å². The molecule has 0 saturated heterocycles. The standard InChI is InChI=1S/C30H29NO3/c1-20(25-11-6-8-22-7-2-3-9-26(22)25)31-19-24-18-28(27-10-4-5-12-29(27)34-24)23-15-13-21(14-16-23)17-30(32)33/h2-16,20,24,28,31H,17-19H2,1H3,(H,32,33)/t20?,24-,28-/m1/s1. The van der Waals surface area contributed by atoms with Crippen LogP contribution >= 0.6 is 0 Å². The van der Waals surface area contributed by atoms with Gasteiger partial charge in [-0.05, 0) is 46.9 Å². The van der Waals surface area contributed by atoms with Gasteiger partial charge in [0.25, 0.3) is 0 Å². The number of hydrogen-bond donors (Lipinski definition) is 2. The number of fused-ring (bicyclic) bond motifs is 2. The fourth-order valence-corrected chi connectivity index (χ4v) is 5.02. The molecule has 3 atom stereocenters. The van der Waals surface area contributed by atoms with Gasteiger partial charge in [-0.3, -0.25) is 4.79 Å². The summed E-state index contributed by atoms with van der Waals surface area (Å²) in [5.74, 6) is 0.331. The lowest BCUT2D eigenvalue weighted by molar-refractivity contribution is -0.136. The highest BCUT2D eigenvalue weighted by molar-refractivity contribution is 5.86. The summed E-state index contributed by atoms with van der Waals surface area (Å²) in [6.45, 7) is 2.95. The molecule has 0 bridgehead atoms. The third-order valence-electron chi connectivity index (χ3n) is 6.77. The molecule has 4 aromatic rings. The van der Waals surface area contributed by atoms with Gasteiger partial charge in [-0.2, -0.15) is 0 Å². The van der Waals surface area contributed by atoms with Crippen LogP contribution in [0, 0.1) is 0 Å². The van der Waals surface area contributed by atoms with Crippen LogP contribution in [0.15, 0.2) is 91.0 Å². The molecule has 0 saturated carbocycles. The highest BCUT2D eigenvalue weighted by atomic mass is 16.5. The minimum atomic E-state index is -0.810. The van der Waals surface area contributed by atoms with Gasteiger partial charge in [0.2, 0.25) is 0 Å². The lowest BCUT2D eigenvalue weighted by Crippen LogP contribution is -2.37. The maximum Gasteiger partial charge on any atom is 0.307 e. The molecule has 34 heavy (non-hydrogen) atoms. The van der Waals surface area contributed by atoms with Gasteiger partial charge in [-0.15, -0.1) is 0 Å². The maximum atomic E-state index is 11.0. The predicted octanol–water partition coefficient (Wildman–Crippen LogP) is 6.10. The number of carbonyl (C=O) groups is 1. The number of ether oxygens (including phenoxy) is 1. The van der Waals surface area contributed by atoms with Crippen LogP contribution in [0.2, 0.25) is 0 Å². The topological polar surface area (TPSA) is 58.6 Å². The molecule has 0 aromatic heterocycles. The Bertz CT molecular complexity index is 1290. The second-order valence-electron chi connectivity index (χ2n) is 9.08. The minimum Gasteiger partial charge on any atom is -0.489 e. The summed E-state index contributed by atoms with van der Waals surface area (Å²) >= 11 is 0. The number of aliphatic carboxylic acids is 1. The number of para-hydroxylation sites is 1. The van der Waals surface area contributed by atoms with E-state index in [4.69, 9.17) is 9.84 Å². The molecule has 0 radical (unpaired) electrons. The highest BCUT2D eigenvalue weighted by Crippen LogP contribution is 2.40. The van der Waals surface area contributed by atoms with Crippen molar-refractivity contribution >= 4 is 16.7 Å². The van der Waals surface area contributed by atoms with Crippen LogP contribution in [0.3, 0.4) is 0 Å². The first-order valence-corrected chi connectivity index (χ1v) is 11.9. The first kappa shape index (κ1) is 22.2. The predicted molar refractivity (Wildman–Crippen MR) is 135 cm³/mol. The number of benzene rings is 4. The van der Waals surface area contributed by atoms with Crippen molar-refractivity contribution in [1.82, 2.24) is 5.32 Å². The van der Waals surface area contributed by atoms with Crippen LogP contribution < -0.4 is 10.1 Å². The zero-order chi connectivity index (χ0) is 23.5. The molecule has 172 valence electrons. The molecular formula is C30H29NO3. The fraction of sp³-hybridized carbons (Fsp3) is 0.233. The highest BCUT2D eigenvalue weighted by Gasteiger charge is 2.29. The van der Waals surface area contributed by atoms with Crippen LogP contribution in [-0.4, -0.2) is 23.7 Å². The Morgan fingerprint density at radius 3 is 2.53 bits per heavy atom. The molecule has 1 unspecified atom stereocenters. The van der Waals surface area contributed by atoms with Gasteiger partial charge in [0, 0.05) is 24.1 Å². The van der Waals surface area contributed by atoms with Crippen LogP contribution in [-0.2, 0) is 11.2 Å². The third kappa shape index (κ3) is 4.68. The maximum absolute atomic E-state index is 11.0. The van der Waals surface area contributed by atoms with Crippen molar-refractivity contribution in [1.29, 1.82) is 0 Å². The van der Waals surface area contributed by atoms with Crippen LogP contribution in [0.1, 0.15) is 47.6 Å². The van der Waals surface area contributed by atoms with E-state index in [0.717, 1.165) is 24.3 Å². The van der Waals surface area contributed by atoms with E-state index in [0.29, 0.717) is 0 Å². The van der Waals surface area contributed by atoms with Gasteiger partial charge >= 0.3 is 5.97 Å². The van der Waals surface area contributed by atoms with E-state index in [-0.39, 0.29) is 24.5 Å². The molecule has 1 aliphatic rings. The number of carboxylic acids is 1. The zero-order valence-electron chi connectivity index (χ0n) is 19.3. The number of nitrogens with one attached hydrogen (secondary N) is 1. The molecule has 0 amide bonds. The van der Waals surface area contributed by atoms with E-state index in [1.165, 1.54) is 27.5 Å². The quantitative estimate of drug-likeness (QED) is 0.356. The smallest absolute Gasteiger partial charge is 0.307 e. The van der Waals surface area contributed by atoms with Crippen LogP contribution in [0.25, 0.3) is 10.8 Å². The molecule has 4 aromatic carbocycles. The fourth-order valence-electron chi connectivity index (χ4n) is 5.02. The summed E-state index contributed by atoms with van der Waals surface area (Å²) in [7, 11) is 0. The van der Waals surface area contributed by atoms with Crippen molar-refractivity contribution in [3.63, 3.8) is 0 Å². The van der Waals surface area contributed by atoms with Crippen molar-refractivity contribution < 1.29 is 14.6 Å². The summed E-state index contributed by atoms with van der Waals surface area (Å²) in [5.41, 5.74) is 4.49. The SMILES string of the molecule is CC(NC[C@H]1C[C@H](c2ccc(CC(=O)O)cc2)c2ccccc2O1)c1cccc2ccccc12. The summed E-state index contributed by atoms with van der Waals surface area (Å²) in [6, 6.07) is 31.4. The van der Waals surface area contributed by atoms with Crippen molar-refractivity contribution in [2.24, 2.45) is 0 Å². The number of rotatable bonds is 7. The summed E-state index contributed by atoms with van der Waals surface area (Å²) in [6.07, 6.45) is 0.948. The molecule has 0 spiro atoms. The van der Waals surface area contributed by atoms with Crippen molar-refractivity contribution in [2.45, 2.75) is 37.8 Å². The van der Waals surface area contributed by atoms with Crippen LogP contribution in [0.5, 0.6) is 5.75 Å². The van der Waals surface area contributed by atoms with Gasteiger partial charge in [0.15, 0.2) is 0 Å². The van der Waals surface area contributed by atoms with Crippen molar-refractivity contribution in [3.8, 4) is 5.75 Å². The monoisotopic (exact) mass is 451 g/mol. The van der Waals surface area contributed by atoms with E-state index >= 15 is 0 Å². The van der Waals surface area contributed by atoms with E-state index in [1.54, 1.807) is 0 Å². The number of carboxylic acid groups (broad SMARTS) is 1. The van der Waals surface area contributed by atoms with E-state index < -0.39 is 5.97 Å². The van der Waals surface area contributed by atoms with E-state index in [2.05, 4.69) is 79.0 Å². The summed E-state index contributed by atoms with van der Waals surface area (Å²) < 4.78 is 6.39. The lowest BCUT2D eigenvalue weighted by Gasteiger charge is -2.33. The molecule has 0 aliphatic carbocycles. The Morgan fingerprint density at radius 1 is 0.971 bits per heavy atom. The normalized spacial score (nSPS) is 18.1. The molecular weight excluding hydrogens is 422 g/mol. The molecule has 1 heterocycles. The van der Waals surface area contributed by atoms with Gasteiger partial charge in [0.1, 0.15) is 11.9 Å². The average molecular weight is 452 g/mol. The molecule has 5 rings (SSSR count). The van der Waals surface area contributed by atoms with Gasteiger partial charge < -0.3 is 15.2 Å². The number of hydrogen-bond acceptors (Lipinski definition) is 3. The molecule has 0 fully saturated rings. The molecule has 4 nitrogen and oxygen atoms in total. The Morgan fingerprint density at radius 2 is 1.71 bits per heavy atom. The van der Waals surface area contributed by atoms with Gasteiger partial charge in [-0.1, -0.05) is 84.9 Å². The Balaban J connectivity index is 1.34. The third-order valence-corrected chi connectivity index (χ3v) is 6.77. The second-order valence-corrected chi connectivity index (χ2v) is 9.08. The Kier molecular flexibility index (Phi) is 6.33. The first-order valence-electron chi connectivity index (χ1n) is 11.9. The second kappa shape index (κ2) is 9.70. The van der Waals surface area contributed by atoms with Gasteiger partial charge in [-0.25, -0.2) is 0 Å². The summed E-state index contributed by atoms with van der Waals surface area (Å²) in [4.78, 5) is 11.0. The largest absolute Gasteiger partial charge is 0.489 e. The molecule has 1 aliphatic heterocycles. The minimum absolute atomic E-state index is 0.0380. The lowest BCUT2D eigenvalue weighted by atomic mass is 9.83. The van der Waals surface area contributed by atoms with Gasteiger partial charge in [0.05, 0.1) is 6.42 Å².